The van der Waals surface area contributed by atoms with Crippen LogP contribution in [0.5, 0.6) is 5.75 Å². The van der Waals surface area contributed by atoms with Crippen LogP contribution < -0.4 is 16.0 Å². The summed E-state index contributed by atoms with van der Waals surface area (Å²) in [5.74, 6) is 7.54. The van der Waals surface area contributed by atoms with Crippen molar-refractivity contribution in [1.82, 2.24) is 10.4 Å². The summed E-state index contributed by atoms with van der Waals surface area (Å²) in [5, 5.41) is 0. The van der Waals surface area contributed by atoms with Gasteiger partial charge in [0.2, 0.25) is 0 Å². The van der Waals surface area contributed by atoms with Crippen molar-refractivity contribution in [3.63, 3.8) is 0 Å². The van der Waals surface area contributed by atoms with Crippen molar-refractivity contribution in [2.24, 2.45) is 5.84 Å². The Bertz CT molecular complexity index is 532. The maximum absolute atomic E-state index is 6.05. The van der Waals surface area contributed by atoms with Gasteiger partial charge in [0, 0.05) is 28.1 Å². The Balaban J connectivity index is 1.72. The first-order valence-electron chi connectivity index (χ1n) is 6.09. The molecule has 0 aliphatic carbocycles. The van der Waals surface area contributed by atoms with Gasteiger partial charge >= 0.3 is 0 Å². The second-order valence-corrected chi connectivity index (χ2v) is 6.39. The van der Waals surface area contributed by atoms with Crippen molar-refractivity contribution in [2.45, 2.75) is 23.5 Å². The lowest BCUT2D eigenvalue weighted by Gasteiger charge is -2.31. The average molecular weight is 293 g/mol. The lowest BCUT2D eigenvalue weighted by molar-refractivity contribution is 0.166. The number of aromatic nitrogens is 1. The molecule has 2 heterocycles. The number of nitrogens with one attached hydrogen (secondary N) is 1. The average Bonchev–Trinajstić information content (AvgIpc) is 2.97. The van der Waals surface area contributed by atoms with Gasteiger partial charge in [0.1, 0.15) is 11.9 Å². The second kappa shape index (κ2) is 5.92. The molecule has 1 aromatic heterocycles. The van der Waals surface area contributed by atoms with Gasteiger partial charge < -0.3 is 4.74 Å². The van der Waals surface area contributed by atoms with E-state index in [1.165, 1.54) is 9.77 Å². The first kappa shape index (κ1) is 12.9. The molecule has 3 N–H and O–H groups in total. The van der Waals surface area contributed by atoms with Crippen molar-refractivity contribution in [3.05, 3.63) is 40.8 Å². The quantitative estimate of drug-likeness (QED) is 0.667. The molecule has 0 spiro atoms. The number of rotatable bonds is 4. The van der Waals surface area contributed by atoms with Crippen molar-refractivity contribution in [2.75, 3.05) is 5.75 Å². The zero-order chi connectivity index (χ0) is 13.1. The Morgan fingerprint density at radius 1 is 1.47 bits per heavy atom. The molecule has 6 heteroatoms. The van der Waals surface area contributed by atoms with Gasteiger partial charge in [-0.3, -0.25) is 16.3 Å². The molecule has 0 saturated carbocycles. The SMILES string of the molecule is NNC(Cc1cncs1)C1CSc2ccccc2O1. The Morgan fingerprint density at radius 2 is 2.37 bits per heavy atom. The fourth-order valence-electron chi connectivity index (χ4n) is 2.09. The number of fused-ring (bicyclic) bond motifs is 1. The molecule has 1 aromatic carbocycles. The molecular weight excluding hydrogens is 278 g/mol. The Labute approximate surface area is 120 Å². The highest BCUT2D eigenvalue weighted by Gasteiger charge is 2.27. The van der Waals surface area contributed by atoms with Gasteiger partial charge in [-0.2, -0.15) is 0 Å². The molecule has 4 nitrogen and oxygen atoms in total. The third-order valence-corrected chi connectivity index (χ3v) is 5.04. The Hall–Kier alpha value is -1.08. The summed E-state index contributed by atoms with van der Waals surface area (Å²) >= 11 is 3.47. The van der Waals surface area contributed by atoms with Gasteiger partial charge in [-0.1, -0.05) is 12.1 Å². The Morgan fingerprint density at radius 3 is 3.16 bits per heavy atom. The summed E-state index contributed by atoms with van der Waals surface area (Å²) in [7, 11) is 0. The molecule has 0 fully saturated rings. The molecule has 0 bridgehead atoms. The molecule has 0 amide bonds. The summed E-state index contributed by atoms with van der Waals surface area (Å²) in [5.41, 5.74) is 4.72. The molecule has 1 aliphatic heterocycles. The van der Waals surface area contributed by atoms with E-state index in [4.69, 9.17) is 10.6 Å². The van der Waals surface area contributed by atoms with Crippen LogP contribution in [-0.4, -0.2) is 22.9 Å². The number of hydrogen-bond donors (Lipinski definition) is 2. The van der Waals surface area contributed by atoms with E-state index in [0.29, 0.717) is 0 Å². The monoisotopic (exact) mass is 293 g/mol. The van der Waals surface area contributed by atoms with E-state index in [9.17, 15) is 0 Å². The Kier molecular flexibility index (Phi) is 4.03. The molecule has 1 aliphatic rings. The third-order valence-electron chi connectivity index (χ3n) is 3.10. The predicted molar refractivity (Wildman–Crippen MR) is 78.5 cm³/mol. The minimum absolute atomic E-state index is 0.0759. The van der Waals surface area contributed by atoms with E-state index in [0.717, 1.165) is 17.9 Å². The van der Waals surface area contributed by atoms with Gasteiger partial charge in [-0.05, 0) is 12.1 Å². The smallest absolute Gasteiger partial charge is 0.133 e. The molecule has 19 heavy (non-hydrogen) atoms. The zero-order valence-corrected chi connectivity index (χ0v) is 11.9. The molecule has 2 atom stereocenters. The van der Waals surface area contributed by atoms with Gasteiger partial charge in [-0.25, -0.2) is 0 Å². The van der Waals surface area contributed by atoms with Crippen LogP contribution in [0, 0.1) is 0 Å². The lowest BCUT2D eigenvalue weighted by atomic mass is 10.1. The van der Waals surface area contributed by atoms with Crippen LogP contribution in [-0.2, 0) is 6.42 Å². The highest BCUT2D eigenvalue weighted by Crippen LogP contribution is 2.36. The van der Waals surface area contributed by atoms with Crippen molar-refractivity contribution in [3.8, 4) is 5.75 Å². The number of ether oxygens (including phenoxy) is 1. The van der Waals surface area contributed by atoms with Crippen LogP contribution in [0.4, 0.5) is 0 Å². The van der Waals surface area contributed by atoms with Crippen LogP contribution in [0.3, 0.4) is 0 Å². The van der Waals surface area contributed by atoms with Crippen LogP contribution in [0.25, 0.3) is 0 Å². The van der Waals surface area contributed by atoms with Crippen LogP contribution in [0.15, 0.2) is 40.9 Å². The number of thioether (sulfide) groups is 1. The van der Waals surface area contributed by atoms with Gasteiger partial charge in [-0.15, -0.1) is 23.1 Å². The minimum atomic E-state index is 0.0759. The topological polar surface area (TPSA) is 60.2 Å². The highest BCUT2D eigenvalue weighted by molar-refractivity contribution is 7.99. The van der Waals surface area contributed by atoms with Crippen LogP contribution in [0.1, 0.15) is 4.88 Å². The van der Waals surface area contributed by atoms with E-state index in [2.05, 4.69) is 16.5 Å². The first-order chi connectivity index (χ1) is 9.36. The maximum Gasteiger partial charge on any atom is 0.133 e. The molecule has 2 aromatic rings. The lowest BCUT2D eigenvalue weighted by Crippen LogP contribution is -2.49. The van der Waals surface area contributed by atoms with Gasteiger partial charge in [0.25, 0.3) is 0 Å². The normalized spacial score (nSPS) is 19.5. The largest absolute Gasteiger partial charge is 0.487 e. The number of nitrogens with two attached hydrogens (primary N) is 1. The summed E-state index contributed by atoms with van der Waals surface area (Å²) in [6, 6.07) is 8.22. The molecule has 0 radical (unpaired) electrons. The number of nitrogens with zero attached hydrogens (tertiary/aromatic N) is 1. The second-order valence-electron chi connectivity index (χ2n) is 4.36. The first-order valence-corrected chi connectivity index (χ1v) is 7.95. The molecule has 3 rings (SSSR count). The fraction of sp³-hybridized carbons (Fsp3) is 0.308. The summed E-state index contributed by atoms with van der Waals surface area (Å²) in [6.07, 6.45) is 2.81. The minimum Gasteiger partial charge on any atom is -0.487 e. The van der Waals surface area contributed by atoms with Gasteiger partial charge in [0.15, 0.2) is 0 Å². The maximum atomic E-state index is 6.05. The predicted octanol–water partition coefficient (Wildman–Crippen LogP) is 2.07. The van der Waals surface area contributed by atoms with Gasteiger partial charge in [0.05, 0.1) is 11.6 Å². The van der Waals surface area contributed by atoms with Crippen LogP contribution in [0.2, 0.25) is 0 Å². The van der Waals surface area contributed by atoms with E-state index in [-0.39, 0.29) is 12.1 Å². The van der Waals surface area contributed by atoms with Crippen molar-refractivity contribution < 1.29 is 4.74 Å². The third kappa shape index (κ3) is 2.92. The molecule has 0 saturated heterocycles. The number of para-hydroxylation sites is 1. The standard InChI is InChI=1S/C13H15N3OS2/c14-16-10(5-9-6-15-8-19-9)12-7-18-13-4-2-1-3-11(13)17-12/h1-4,6,8,10,12,16H,5,7,14H2. The van der Waals surface area contributed by atoms with Crippen molar-refractivity contribution >= 4 is 23.1 Å². The van der Waals surface area contributed by atoms with E-state index in [1.54, 1.807) is 11.3 Å². The summed E-state index contributed by atoms with van der Waals surface area (Å²) in [4.78, 5) is 6.51. The van der Waals surface area contributed by atoms with Crippen LogP contribution >= 0.6 is 23.1 Å². The molecule has 100 valence electrons. The summed E-state index contributed by atoms with van der Waals surface area (Å²) in [6.45, 7) is 0. The van der Waals surface area contributed by atoms with Crippen molar-refractivity contribution in [1.29, 1.82) is 0 Å². The fourth-order valence-corrected chi connectivity index (χ4v) is 3.82. The molecule has 2 unspecified atom stereocenters. The zero-order valence-electron chi connectivity index (χ0n) is 10.3. The number of hydrazine groups is 1. The number of thiazole rings is 1. The molecular formula is C13H15N3OS2. The van der Waals surface area contributed by atoms with E-state index >= 15 is 0 Å². The highest BCUT2D eigenvalue weighted by atomic mass is 32.2. The summed E-state index contributed by atoms with van der Waals surface area (Å²) < 4.78 is 6.05. The van der Waals surface area contributed by atoms with E-state index < -0.39 is 0 Å². The number of hydrogen-bond acceptors (Lipinski definition) is 6. The number of benzene rings is 1. The van der Waals surface area contributed by atoms with E-state index in [1.807, 2.05) is 41.7 Å².